The maximum Gasteiger partial charge on any atom is 0.290 e. The number of aliphatic hydroxyl groups is 1. The monoisotopic (exact) mass is 427 g/mol. The minimum absolute atomic E-state index is 0.154. The molecule has 0 fully saturated rings. The lowest BCUT2D eigenvalue weighted by Crippen LogP contribution is -2.34. The number of aromatic nitrogens is 1. The van der Waals surface area contributed by atoms with Crippen molar-refractivity contribution in [2.45, 2.75) is 40.2 Å². The van der Waals surface area contributed by atoms with Gasteiger partial charge in [-0.1, -0.05) is 44.2 Å². The van der Waals surface area contributed by atoms with Crippen LogP contribution in [0.25, 0.3) is 0 Å². The molecule has 0 saturated carbocycles. The van der Waals surface area contributed by atoms with Crippen molar-refractivity contribution in [3.63, 3.8) is 0 Å². The second-order valence-corrected chi connectivity index (χ2v) is 8.63. The molecule has 160 valence electrons. The van der Waals surface area contributed by atoms with Crippen LogP contribution >= 0.6 is 11.3 Å². The zero-order chi connectivity index (χ0) is 21.8. The number of ketones is 1. The van der Waals surface area contributed by atoms with Gasteiger partial charge in [0.2, 0.25) is 5.78 Å². The average molecular weight is 428 g/mol. The number of Topliss-reactive ketones (excluding diaryl/α,β-unsaturated/α-hetero) is 1. The molecule has 1 aromatic carbocycles. The average Bonchev–Trinajstić information content (AvgIpc) is 3.21. The molecule has 0 saturated heterocycles. The summed E-state index contributed by atoms with van der Waals surface area (Å²) in [7, 11) is 0. The Morgan fingerprint density at radius 2 is 1.87 bits per heavy atom. The van der Waals surface area contributed by atoms with Crippen LogP contribution in [0.15, 0.2) is 41.7 Å². The maximum atomic E-state index is 13.4. The van der Waals surface area contributed by atoms with E-state index in [1.165, 1.54) is 11.3 Å². The number of rotatable bonds is 9. The Balaban J connectivity index is 1.95. The number of hydrogen-bond acceptors (Lipinski definition) is 6. The number of aryl methyl sites for hydroxylation is 2. The van der Waals surface area contributed by atoms with Gasteiger partial charge in [0.1, 0.15) is 0 Å². The third kappa shape index (κ3) is 4.32. The largest absolute Gasteiger partial charge is 0.503 e. The molecule has 2 aromatic rings. The molecule has 1 amide bonds. The fourth-order valence-corrected chi connectivity index (χ4v) is 4.84. The van der Waals surface area contributed by atoms with Gasteiger partial charge in [0, 0.05) is 6.54 Å². The summed E-state index contributed by atoms with van der Waals surface area (Å²) in [6, 6.07) is 8.86. The van der Waals surface area contributed by atoms with Gasteiger partial charge in [-0.05, 0) is 45.5 Å². The van der Waals surface area contributed by atoms with Crippen molar-refractivity contribution in [1.82, 2.24) is 14.8 Å². The number of benzene rings is 1. The molecule has 1 N–H and O–H groups in total. The molecule has 2 heterocycles. The second kappa shape index (κ2) is 9.53. The fraction of sp³-hybridized carbons (Fsp3) is 0.435. The predicted molar refractivity (Wildman–Crippen MR) is 119 cm³/mol. The quantitative estimate of drug-likeness (QED) is 0.611. The lowest BCUT2D eigenvalue weighted by atomic mass is 9.95. The van der Waals surface area contributed by atoms with Gasteiger partial charge in [0.25, 0.3) is 5.91 Å². The van der Waals surface area contributed by atoms with E-state index in [0.29, 0.717) is 17.1 Å². The molecule has 0 unspecified atom stereocenters. The van der Waals surface area contributed by atoms with Crippen LogP contribution in [0.5, 0.6) is 0 Å². The van der Waals surface area contributed by atoms with Crippen LogP contribution in [0.1, 0.15) is 52.2 Å². The number of amides is 1. The van der Waals surface area contributed by atoms with E-state index in [0.717, 1.165) is 36.6 Å². The number of aliphatic hydroxyl groups excluding tert-OH is 1. The van der Waals surface area contributed by atoms with Gasteiger partial charge in [-0.25, -0.2) is 4.98 Å². The van der Waals surface area contributed by atoms with Crippen molar-refractivity contribution in [1.29, 1.82) is 0 Å². The highest BCUT2D eigenvalue weighted by Gasteiger charge is 2.44. The first kappa shape index (κ1) is 22.2. The summed E-state index contributed by atoms with van der Waals surface area (Å²) in [5.74, 6) is -1.24. The lowest BCUT2D eigenvalue weighted by molar-refractivity contribution is -0.129. The number of hydrogen-bond donors (Lipinski definition) is 1. The van der Waals surface area contributed by atoms with E-state index in [1.807, 2.05) is 37.3 Å². The summed E-state index contributed by atoms with van der Waals surface area (Å²) < 4.78 is 0. The molecule has 1 aliphatic rings. The number of carbonyl (C=O) groups excluding carboxylic acids is 2. The van der Waals surface area contributed by atoms with Gasteiger partial charge in [-0.2, -0.15) is 0 Å². The van der Waals surface area contributed by atoms with E-state index >= 15 is 0 Å². The van der Waals surface area contributed by atoms with Crippen LogP contribution in [0, 0.1) is 13.8 Å². The van der Waals surface area contributed by atoms with Crippen molar-refractivity contribution in [3.8, 4) is 0 Å². The summed E-state index contributed by atoms with van der Waals surface area (Å²) in [5, 5.41) is 11.5. The Bertz CT molecular complexity index is 948. The smallest absolute Gasteiger partial charge is 0.290 e. The highest BCUT2D eigenvalue weighted by atomic mass is 32.1. The van der Waals surface area contributed by atoms with Crippen LogP contribution in [0.3, 0.4) is 0 Å². The van der Waals surface area contributed by atoms with Crippen molar-refractivity contribution >= 4 is 23.0 Å². The van der Waals surface area contributed by atoms with E-state index in [4.69, 9.17) is 0 Å². The van der Waals surface area contributed by atoms with Gasteiger partial charge < -0.3 is 14.9 Å². The summed E-state index contributed by atoms with van der Waals surface area (Å²) in [4.78, 5) is 35.1. The maximum absolute atomic E-state index is 13.4. The van der Waals surface area contributed by atoms with Crippen LogP contribution in [-0.4, -0.2) is 57.8 Å². The van der Waals surface area contributed by atoms with E-state index in [9.17, 15) is 14.7 Å². The summed E-state index contributed by atoms with van der Waals surface area (Å²) >= 11 is 1.30. The molecule has 1 aromatic heterocycles. The first-order valence-corrected chi connectivity index (χ1v) is 11.2. The van der Waals surface area contributed by atoms with Crippen molar-refractivity contribution in [2.24, 2.45) is 0 Å². The first-order chi connectivity index (χ1) is 14.4. The minimum atomic E-state index is -0.593. The Kier molecular flexibility index (Phi) is 7.05. The third-order valence-electron chi connectivity index (χ3n) is 5.54. The zero-order valence-electron chi connectivity index (χ0n) is 18.0. The second-order valence-electron chi connectivity index (χ2n) is 7.43. The van der Waals surface area contributed by atoms with E-state index in [1.54, 1.807) is 11.8 Å². The molecular formula is C23H29N3O3S. The summed E-state index contributed by atoms with van der Waals surface area (Å²) in [5.41, 5.74) is 1.60. The topological polar surface area (TPSA) is 73.7 Å². The lowest BCUT2D eigenvalue weighted by Gasteiger charge is -2.28. The van der Waals surface area contributed by atoms with Crippen molar-refractivity contribution in [2.75, 3.05) is 26.2 Å². The van der Waals surface area contributed by atoms with Crippen molar-refractivity contribution < 1.29 is 14.7 Å². The fourth-order valence-electron chi connectivity index (χ4n) is 3.97. The number of carbonyl (C=O) groups is 2. The first-order valence-electron chi connectivity index (χ1n) is 10.4. The zero-order valence-corrected chi connectivity index (χ0v) is 18.8. The molecule has 0 aliphatic carbocycles. The van der Waals surface area contributed by atoms with E-state index in [-0.39, 0.29) is 11.4 Å². The molecule has 0 bridgehead atoms. The van der Waals surface area contributed by atoms with Crippen LogP contribution < -0.4 is 0 Å². The van der Waals surface area contributed by atoms with Gasteiger partial charge in [-0.15, -0.1) is 11.3 Å². The number of nitrogens with zero attached hydrogens (tertiary/aromatic N) is 3. The molecule has 1 aliphatic heterocycles. The minimum Gasteiger partial charge on any atom is -0.503 e. The highest BCUT2D eigenvalue weighted by molar-refractivity contribution is 7.14. The van der Waals surface area contributed by atoms with E-state index in [2.05, 4.69) is 23.7 Å². The summed E-state index contributed by atoms with van der Waals surface area (Å²) in [6.45, 7) is 11.1. The van der Waals surface area contributed by atoms with Crippen LogP contribution in [0.2, 0.25) is 0 Å². The van der Waals surface area contributed by atoms with Gasteiger partial charge in [0.15, 0.2) is 5.76 Å². The SMILES string of the molecule is CCN(CC)CCCN1C(=O)C(O)=C(C(=O)c2sc(C)nc2C)[C@@H]1c1ccccc1. The Hall–Kier alpha value is -2.51. The van der Waals surface area contributed by atoms with Gasteiger partial charge in [0.05, 0.1) is 27.2 Å². The molecule has 0 radical (unpaired) electrons. The molecule has 7 heteroatoms. The van der Waals surface area contributed by atoms with Gasteiger partial charge >= 0.3 is 0 Å². The van der Waals surface area contributed by atoms with Crippen molar-refractivity contribution in [3.05, 3.63) is 62.8 Å². The Morgan fingerprint density at radius 1 is 1.20 bits per heavy atom. The standard InChI is InChI=1S/C23H29N3O3S/c1-5-25(6-2)13-10-14-26-19(17-11-8-7-9-12-17)18(21(28)23(26)29)20(27)22-15(3)24-16(4)30-22/h7-9,11-12,19,28H,5-6,10,13-14H2,1-4H3/t19-/m0/s1. The van der Waals surface area contributed by atoms with E-state index < -0.39 is 17.7 Å². The third-order valence-corrected chi connectivity index (χ3v) is 6.61. The molecule has 6 nitrogen and oxygen atoms in total. The molecule has 0 spiro atoms. The molecule has 30 heavy (non-hydrogen) atoms. The molecular weight excluding hydrogens is 398 g/mol. The van der Waals surface area contributed by atoms with Crippen LogP contribution in [-0.2, 0) is 4.79 Å². The Labute approximate surface area is 181 Å². The predicted octanol–water partition coefficient (Wildman–Crippen LogP) is 4.07. The number of thiazole rings is 1. The Morgan fingerprint density at radius 3 is 2.43 bits per heavy atom. The molecule has 3 rings (SSSR count). The molecule has 1 atom stereocenters. The summed E-state index contributed by atoms with van der Waals surface area (Å²) in [6.07, 6.45) is 0.768. The normalized spacial score (nSPS) is 16.8. The van der Waals surface area contributed by atoms with Gasteiger partial charge in [-0.3, -0.25) is 9.59 Å². The highest BCUT2D eigenvalue weighted by Crippen LogP contribution is 2.40. The van der Waals surface area contributed by atoms with Crippen LogP contribution in [0.4, 0.5) is 0 Å².